The molecular weight excluding hydrogens is 160 g/mol. The molecule has 0 aliphatic heterocycles. The van der Waals surface area contributed by atoms with Gasteiger partial charge in [0.2, 0.25) is 0 Å². The summed E-state index contributed by atoms with van der Waals surface area (Å²) in [6, 6.07) is 0. The standard InChI is InChI=1S/C12H16O/c1-3-8-12(13-11-4-2)9-6-5-7-10-12/h1,4,6,9H,2,5,7-8,10-11H2. The summed E-state index contributed by atoms with van der Waals surface area (Å²) in [5, 5.41) is 0. The molecule has 1 aliphatic carbocycles. The molecule has 0 spiro atoms. The molecule has 70 valence electrons. The van der Waals surface area contributed by atoms with Gasteiger partial charge in [0, 0.05) is 6.42 Å². The van der Waals surface area contributed by atoms with Crippen molar-refractivity contribution in [3.8, 4) is 12.3 Å². The first kappa shape index (κ1) is 10.1. The van der Waals surface area contributed by atoms with Crippen LogP contribution in [0.4, 0.5) is 0 Å². The molecule has 0 heterocycles. The van der Waals surface area contributed by atoms with Crippen molar-refractivity contribution in [2.24, 2.45) is 0 Å². The van der Waals surface area contributed by atoms with Crippen LogP contribution in [0.2, 0.25) is 0 Å². The van der Waals surface area contributed by atoms with E-state index in [9.17, 15) is 0 Å². The van der Waals surface area contributed by atoms with E-state index >= 15 is 0 Å². The number of rotatable bonds is 4. The van der Waals surface area contributed by atoms with Crippen LogP contribution in [-0.4, -0.2) is 12.2 Å². The third kappa shape index (κ3) is 2.75. The van der Waals surface area contributed by atoms with Crippen LogP contribution < -0.4 is 0 Å². The fraction of sp³-hybridized carbons (Fsp3) is 0.500. The summed E-state index contributed by atoms with van der Waals surface area (Å²) in [6.07, 6.45) is 15.4. The highest BCUT2D eigenvalue weighted by atomic mass is 16.5. The van der Waals surface area contributed by atoms with E-state index in [1.165, 1.54) is 0 Å². The average Bonchev–Trinajstić information content (AvgIpc) is 2.17. The van der Waals surface area contributed by atoms with Gasteiger partial charge in [-0.3, -0.25) is 0 Å². The Bertz CT molecular complexity index is 234. The monoisotopic (exact) mass is 176 g/mol. The second kappa shape index (κ2) is 4.89. The quantitative estimate of drug-likeness (QED) is 0.472. The maximum atomic E-state index is 5.71. The number of hydrogen-bond acceptors (Lipinski definition) is 1. The van der Waals surface area contributed by atoms with E-state index in [-0.39, 0.29) is 5.60 Å². The predicted molar refractivity (Wildman–Crippen MR) is 55.3 cm³/mol. The third-order valence-corrected chi connectivity index (χ3v) is 2.28. The fourth-order valence-electron chi connectivity index (χ4n) is 1.62. The first-order valence-electron chi connectivity index (χ1n) is 4.69. The molecule has 1 unspecified atom stereocenters. The smallest absolute Gasteiger partial charge is 0.0975 e. The molecule has 1 aliphatic rings. The lowest BCUT2D eigenvalue weighted by atomic mass is 9.88. The van der Waals surface area contributed by atoms with Crippen LogP contribution >= 0.6 is 0 Å². The van der Waals surface area contributed by atoms with Crippen molar-refractivity contribution in [1.82, 2.24) is 0 Å². The lowest BCUT2D eigenvalue weighted by Gasteiger charge is -2.31. The summed E-state index contributed by atoms with van der Waals surface area (Å²) in [6.45, 7) is 4.21. The van der Waals surface area contributed by atoms with E-state index in [4.69, 9.17) is 11.2 Å². The minimum Gasteiger partial charge on any atom is -0.366 e. The Labute approximate surface area is 80.5 Å². The van der Waals surface area contributed by atoms with Gasteiger partial charge < -0.3 is 4.74 Å². The van der Waals surface area contributed by atoms with E-state index in [0.29, 0.717) is 13.0 Å². The highest BCUT2D eigenvalue weighted by Crippen LogP contribution is 2.28. The van der Waals surface area contributed by atoms with Crippen LogP contribution in [0.1, 0.15) is 25.7 Å². The van der Waals surface area contributed by atoms with Crippen molar-refractivity contribution >= 4 is 0 Å². The van der Waals surface area contributed by atoms with Gasteiger partial charge in [0.25, 0.3) is 0 Å². The zero-order chi connectivity index (χ0) is 9.57. The second-order valence-corrected chi connectivity index (χ2v) is 3.34. The molecule has 1 nitrogen and oxygen atoms in total. The lowest BCUT2D eigenvalue weighted by molar-refractivity contribution is 0.00142. The molecule has 0 amide bonds. The molecule has 0 aromatic rings. The van der Waals surface area contributed by atoms with Crippen LogP contribution in [0.15, 0.2) is 24.8 Å². The van der Waals surface area contributed by atoms with Crippen LogP contribution in [0.25, 0.3) is 0 Å². The first-order chi connectivity index (χ1) is 6.33. The summed E-state index contributed by atoms with van der Waals surface area (Å²) in [7, 11) is 0. The maximum Gasteiger partial charge on any atom is 0.0975 e. The van der Waals surface area contributed by atoms with Gasteiger partial charge in [0.05, 0.1) is 12.2 Å². The van der Waals surface area contributed by atoms with Crippen LogP contribution in [0.5, 0.6) is 0 Å². The molecular formula is C12H16O. The zero-order valence-electron chi connectivity index (χ0n) is 7.96. The van der Waals surface area contributed by atoms with Gasteiger partial charge in [-0.25, -0.2) is 0 Å². The van der Waals surface area contributed by atoms with Crippen molar-refractivity contribution in [3.05, 3.63) is 24.8 Å². The average molecular weight is 176 g/mol. The van der Waals surface area contributed by atoms with Crippen molar-refractivity contribution in [2.45, 2.75) is 31.3 Å². The van der Waals surface area contributed by atoms with Crippen LogP contribution in [0, 0.1) is 12.3 Å². The highest BCUT2D eigenvalue weighted by molar-refractivity contribution is 5.11. The lowest BCUT2D eigenvalue weighted by Crippen LogP contribution is -2.31. The SMILES string of the molecule is C#CCC1(OCC=C)C=CCCC1. The molecule has 0 aromatic carbocycles. The molecule has 13 heavy (non-hydrogen) atoms. The number of ether oxygens (including phenoxy) is 1. The molecule has 0 fully saturated rings. The fourth-order valence-corrected chi connectivity index (χ4v) is 1.62. The Balaban J connectivity index is 2.62. The van der Waals surface area contributed by atoms with E-state index in [1.807, 2.05) is 0 Å². The Morgan fingerprint density at radius 1 is 1.69 bits per heavy atom. The van der Waals surface area contributed by atoms with Gasteiger partial charge in [0.1, 0.15) is 0 Å². The summed E-state index contributed by atoms with van der Waals surface area (Å²) < 4.78 is 5.71. The topological polar surface area (TPSA) is 9.23 Å². The van der Waals surface area contributed by atoms with Gasteiger partial charge in [0.15, 0.2) is 0 Å². The van der Waals surface area contributed by atoms with E-state index in [0.717, 1.165) is 19.3 Å². The van der Waals surface area contributed by atoms with Crippen molar-refractivity contribution < 1.29 is 4.74 Å². The Morgan fingerprint density at radius 3 is 3.08 bits per heavy atom. The van der Waals surface area contributed by atoms with E-state index in [1.54, 1.807) is 6.08 Å². The van der Waals surface area contributed by atoms with Crippen LogP contribution in [-0.2, 0) is 4.74 Å². The molecule has 0 bridgehead atoms. The Kier molecular flexibility index (Phi) is 3.79. The normalized spacial score (nSPS) is 26.7. The summed E-state index contributed by atoms with van der Waals surface area (Å²) >= 11 is 0. The largest absolute Gasteiger partial charge is 0.366 e. The van der Waals surface area contributed by atoms with Crippen LogP contribution in [0.3, 0.4) is 0 Å². The minimum atomic E-state index is -0.207. The Hall–Kier alpha value is -1.00. The molecule has 0 aromatic heterocycles. The molecule has 1 heteroatoms. The first-order valence-corrected chi connectivity index (χ1v) is 4.69. The second-order valence-electron chi connectivity index (χ2n) is 3.34. The molecule has 1 rings (SSSR count). The number of terminal acetylenes is 1. The summed E-state index contributed by atoms with van der Waals surface area (Å²) in [5.41, 5.74) is -0.207. The maximum absolute atomic E-state index is 5.71. The molecule has 1 atom stereocenters. The summed E-state index contributed by atoms with van der Waals surface area (Å²) in [5.74, 6) is 2.68. The van der Waals surface area contributed by atoms with Gasteiger partial charge in [-0.15, -0.1) is 18.9 Å². The predicted octanol–water partition coefficient (Wildman–Crippen LogP) is 2.69. The zero-order valence-corrected chi connectivity index (χ0v) is 7.96. The van der Waals surface area contributed by atoms with Gasteiger partial charge in [-0.2, -0.15) is 0 Å². The molecule has 0 saturated heterocycles. The third-order valence-electron chi connectivity index (χ3n) is 2.28. The van der Waals surface area contributed by atoms with E-state index in [2.05, 4.69) is 24.7 Å². The van der Waals surface area contributed by atoms with Gasteiger partial charge in [-0.1, -0.05) is 18.2 Å². The number of allylic oxidation sites excluding steroid dienone is 1. The molecule has 0 N–H and O–H groups in total. The van der Waals surface area contributed by atoms with Crippen molar-refractivity contribution in [1.29, 1.82) is 0 Å². The van der Waals surface area contributed by atoms with Crippen molar-refractivity contribution in [2.75, 3.05) is 6.61 Å². The molecule has 0 saturated carbocycles. The minimum absolute atomic E-state index is 0.207. The Morgan fingerprint density at radius 2 is 2.54 bits per heavy atom. The van der Waals surface area contributed by atoms with Gasteiger partial charge in [-0.05, 0) is 19.3 Å². The van der Waals surface area contributed by atoms with Gasteiger partial charge >= 0.3 is 0 Å². The molecule has 0 radical (unpaired) electrons. The van der Waals surface area contributed by atoms with Crippen molar-refractivity contribution in [3.63, 3.8) is 0 Å². The number of hydrogen-bond donors (Lipinski definition) is 0. The highest BCUT2D eigenvalue weighted by Gasteiger charge is 2.27. The van der Waals surface area contributed by atoms with E-state index < -0.39 is 0 Å². The summed E-state index contributed by atoms with van der Waals surface area (Å²) in [4.78, 5) is 0.